The van der Waals surface area contributed by atoms with E-state index in [1.807, 2.05) is 25.1 Å². The van der Waals surface area contributed by atoms with Gasteiger partial charge in [-0.2, -0.15) is 0 Å². The lowest BCUT2D eigenvalue weighted by atomic mass is 9.99. The fourth-order valence-electron chi connectivity index (χ4n) is 4.94. The first-order valence-corrected chi connectivity index (χ1v) is 16.5. The number of carbonyl (C=O) groups excluding carboxylic acids is 2. The molecule has 0 radical (unpaired) electrons. The van der Waals surface area contributed by atoms with Gasteiger partial charge in [0.15, 0.2) is 0 Å². The summed E-state index contributed by atoms with van der Waals surface area (Å²) in [5, 5.41) is 15.1. The van der Waals surface area contributed by atoms with Crippen LogP contribution in [-0.4, -0.2) is 40.2 Å². The Hall–Kier alpha value is -4.72. The maximum Gasteiger partial charge on any atom is 0.408 e. The van der Waals surface area contributed by atoms with Crippen molar-refractivity contribution in [3.8, 4) is 0 Å². The Kier molecular flexibility index (Phi) is 11.7. The summed E-state index contributed by atoms with van der Waals surface area (Å²) in [4.78, 5) is 50.3. The first kappa shape index (κ1) is 33.2. The van der Waals surface area contributed by atoms with E-state index < -0.39 is 49.2 Å². The van der Waals surface area contributed by atoms with Gasteiger partial charge in [0, 0.05) is 12.6 Å². The minimum absolute atomic E-state index is 0.0392. The molecule has 4 N–H and O–H groups in total. The summed E-state index contributed by atoms with van der Waals surface area (Å²) in [6.07, 6.45) is -1.30. The molecule has 0 heterocycles. The zero-order valence-electron chi connectivity index (χ0n) is 24.9. The first-order valence-electron chi connectivity index (χ1n) is 14.6. The van der Waals surface area contributed by atoms with Crippen molar-refractivity contribution >= 4 is 25.3 Å². The first-order chi connectivity index (χ1) is 21.6. The van der Waals surface area contributed by atoms with Gasteiger partial charge in [-0.05, 0) is 35.6 Å². The Morgan fingerprint density at radius 2 is 1.24 bits per heavy atom. The fraction of sp³-hybridized carbons (Fsp3) is 0.229. The lowest BCUT2D eigenvalue weighted by Gasteiger charge is -2.28. The second-order valence-electron chi connectivity index (χ2n) is 10.9. The monoisotopic (exact) mass is 628 g/mol. The topological polar surface area (TPSA) is 142 Å². The number of carboxylic acids is 1. The van der Waals surface area contributed by atoms with E-state index in [0.29, 0.717) is 5.56 Å². The molecule has 0 aliphatic carbocycles. The number of benzene rings is 4. The second kappa shape index (κ2) is 15.8. The molecule has 0 aromatic heterocycles. The van der Waals surface area contributed by atoms with Crippen LogP contribution < -0.4 is 10.6 Å². The quantitative estimate of drug-likeness (QED) is 0.128. The van der Waals surface area contributed by atoms with Crippen molar-refractivity contribution in [2.24, 2.45) is 5.92 Å². The number of aryl methyl sites for hydroxylation is 1. The van der Waals surface area contributed by atoms with Crippen molar-refractivity contribution in [3.05, 3.63) is 143 Å². The van der Waals surface area contributed by atoms with Crippen LogP contribution in [0.5, 0.6) is 0 Å². The summed E-state index contributed by atoms with van der Waals surface area (Å²) in [6, 6.07) is 32.4. The van der Waals surface area contributed by atoms with Crippen LogP contribution in [0.15, 0.2) is 115 Å². The van der Waals surface area contributed by atoms with Crippen LogP contribution in [0, 0.1) is 12.8 Å². The Balaban J connectivity index is 1.59. The van der Waals surface area contributed by atoms with E-state index in [0.717, 1.165) is 22.3 Å². The molecule has 3 unspecified atom stereocenters. The number of ether oxygens (including phenoxy) is 1. The third-order valence-electron chi connectivity index (χ3n) is 7.34. The highest BCUT2D eigenvalue weighted by atomic mass is 31.2. The molecule has 4 aromatic carbocycles. The third-order valence-corrected chi connectivity index (χ3v) is 9.54. The number of rotatable bonds is 14. The molecule has 234 valence electrons. The molecule has 0 saturated heterocycles. The van der Waals surface area contributed by atoms with Crippen LogP contribution in [0.1, 0.15) is 33.6 Å². The number of aliphatic carboxylic acids is 1. The van der Waals surface area contributed by atoms with Crippen molar-refractivity contribution in [1.82, 2.24) is 10.6 Å². The summed E-state index contributed by atoms with van der Waals surface area (Å²) in [5.41, 5.74) is 3.48. The van der Waals surface area contributed by atoms with Gasteiger partial charge in [-0.15, -0.1) is 0 Å². The highest BCUT2D eigenvalue weighted by Gasteiger charge is 2.39. The second-order valence-corrected chi connectivity index (χ2v) is 13.3. The van der Waals surface area contributed by atoms with Crippen LogP contribution in [0.25, 0.3) is 0 Å². The summed E-state index contributed by atoms with van der Waals surface area (Å²) in [5.74, 6) is -4.37. The Morgan fingerprint density at radius 3 is 1.78 bits per heavy atom. The highest BCUT2D eigenvalue weighted by Crippen LogP contribution is 2.55. The van der Waals surface area contributed by atoms with E-state index >= 15 is 0 Å². The number of carboxylic acid groups (broad SMARTS) is 1. The smallest absolute Gasteiger partial charge is 0.408 e. The molecule has 0 fully saturated rings. The van der Waals surface area contributed by atoms with E-state index in [1.165, 1.54) is 0 Å². The van der Waals surface area contributed by atoms with Gasteiger partial charge >= 0.3 is 12.1 Å². The molecular weight excluding hydrogens is 591 g/mol. The third kappa shape index (κ3) is 10.2. The average Bonchev–Trinajstić information content (AvgIpc) is 3.04. The van der Waals surface area contributed by atoms with Crippen molar-refractivity contribution in [1.29, 1.82) is 0 Å². The SMILES string of the molecule is Cc1ccc(C(NC(=O)OCc2ccccc2)P(=O)(O)CC(Cc2ccccc2)C(=O)N[C@@H](Cc2ccccc2)C(=O)O)cc1. The molecule has 0 spiro atoms. The summed E-state index contributed by atoms with van der Waals surface area (Å²) < 4.78 is 19.6. The zero-order valence-corrected chi connectivity index (χ0v) is 25.8. The van der Waals surface area contributed by atoms with Gasteiger partial charge in [-0.25, -0.2) is 9.59 Å². The van der Waals surface area contributed by atoms with Crippen molar-refractivity contribution in [3.63, 3.8) is 0 Å². The lowest BCUT2D eigenvalue weighted by Crippen LogP contribution is -2.46. The fourth-order valence-corrected chi connectivity index (χ4v) is 7.02. The largest absolute Gasteiger partial charge is 0.480 e. The number of amides is 2. The number of carbonyl (C=O) groups is 3. The van der Waals surface area contributed by atoms with E-state index in [1.54, 1.807) is 97.1 Å². The maximum absolute atomic E-state index is 14.2. The molecule has 0 saturated carbocycles. The van der Waals surface area contributed by atoms with Gasteiger partial charge in [0.2, 0.25) is 13.3 Å². The van der Waals surface area contributed by atoms with Gasteiger partial charge in [0.1, 0.15) is 18.4 Å². The Morgan fingerprint density at radius 1 is 0.733 bits per heavy atom. The van der Waals surface area contributed by atoms with Crippen molar-refractivity contribution in [2.75, 3.05) is 6.16 Å². The van der Waals surface area contributed by atoms with Gasteiger partial charge in [0.25, 0.3) is 0 Å². The normalized spacial score (nSPS) is 14.3. The number of alkyl carbamates (subject to hydrolysis) is 1. The minimum Gasteiger partial charge on any atom is -0.480 e. The number of hydrogen-bond donors (Lipinski definition) is 4. The molecule has 10 heteroatoms. The maximum atomic E-state index is 14.2. The van der Waals surface area contributed by atoms with E-state index in [-0.39, 0.29) is 19.4 Å². The molecule has 0 bridgehead atoms. The molecule has 0 aliphatic rings. The standard InChI is InChI=1S/C35H37N2O7P/c1-25-17-19-29(20-18-25)33(37-35(41)44-23-28-15-9-4-10-16-28)45(42,43)24-30(21-26-11-5-2-6-12-26)32(38)36-31(34(39)40)22-27-13-7-3-8-14-27/h2-20,30-31,33H,21-24H2,1H3,(H,36,38)(H,37,41)(H,39,40)(H,42,43)/t30?,31-,33?/m0/s1. The van der Waals surface area contributed by atoms with Crippen LogP contribution in [0.2, 0.25) is 0 Å². The van der Waals surface area contributed by atoms with Crippen molar-refractivity contribution < 1.29 is 33.7 Å². The van der Waals surface area contributed by atoms with E-state index in [4.69, 9.17) is 4.74 Å². The molecule has 4 aromatic rings. The predicted molar refractivity (Wildman–Crippen MR) is 172 cm³/mol. The molecule has 4 atom stereocenters. The summed E-state index contributed by atoms with van der Waals surface area (Å²) >= 11 is 0. The molecule has 45 heavy (non-hydrogen) atoms. The van der Waals surface area contributed by atoms with Gasteiger partial charge < -0.3 is 25.4 Å². The molecule has 4 rings (SSSR count). The number of hydrogen-bond acceptors (Lipinski definition) is 5. The molecule has 2 amide bonds. The lowest BCUT2D eigenvalue weighted by molar-refractivity contribution is -0.142. The van der Waals surface area contributed by atoms with E-state index in [9.17, 15) is 28.9 Å². The van der Waals surface area contributed by atoms with Gasteiger partial charge in [0.05, 0.1) is 5.92 Å². The predicted octanol–water partition coefficient (Wildman–Crippen LogP) is 5.86. The van der Waals surface area contributed by atoms with Crippen LogP contribution in [0.3, 0.4) is 0 Å². The van der Waals surface area contributed by atoms with Crippen LogP contribution >= 0.6 is 7.37 Å². The highest BCUT2D eigenvalue weighted by molar-refractivity contribution is 7.58. The summed E-state index contributed by atoms with van der Waals surface area (Å²) in [6.45, 7) is 1.83. The van der Waals surface area contributed by atoms with E-state index in [2.05, 4.69) is 10.6 Å². The zero-order chi connectivity index (χ0) is 32.2. The van der Waals surface area contributed by atoms with Gasteiger partial charge in [-0.1, -0.05) is 121 Å². The molecular formula is C35H37N2O7P. The average molecular weight is 629 g/mol. The Bertz CT molecular complexity index is 1600. The van der Waals surface area contributed by atoms with Crippen LogP contribution in [0.4, 0.5) is 4.79 Å². The van der Waals surface area contributed by atoms with Gasteiger partial charge in [-0.3, -0.25) is 9.36 Å². The molecule has 9 nitrogen and oxygen atoms in total. The summed E-state index contributed by atoms with van der Waals surface area (Å²) in [7, 11) is -4.39. The Labute approximate surface area is 262 Å². The minimum atomic E-state index is -4.39. The molecule has 0 aliphatic heterocycles. The van der Waals surface area contributed by atoms with Crippen molar-refractivity contribution in [2.45, 2.75) is 38.2 Å². The number of nitrogens with one attached hydrogen (secondary N) is 2. The van der Waals surface area contributed by atoms with Crippen LogP contribution in [-0.2, 0) is 38.3 Å².